The van der Waals surface area contributed by atoms with Crippen molar-refractivity contribution in [1.82, 2.24) is 0 Å². The Labute approximate surface area is 125 Å². The number of rotatable bonds is 5. The number of carbonyl (C=O) groups excluding carboxylic acids is 1. The predicted octanol–water partition coefficient (Wildman–Crippen LogP) is 4.73. The largest absolute Gasteiger partial charge is 0.293 e. The second kappa shape index (κ2) is 6.86. The molecule has 0 amide bonds. The molecule has 1 nitrogen and oxygen atoms in total. The predicted molar refractivity (Wildman–Crippen MR) is 78.3 cm³/mol. The fourth-order valence-corrected chi connectivity index (χ4v) is 2.83. The maximum atomic E-state index is 13.0. The van der Waals surface area contributed by atoms with Crippen LogP contribution in [-0.4, -0.2) is 11.5 Å². The standard InChI is InChI=1S/C15H11ClF2OS/c16-12-4-2-1-3-11(12)8-20-9-15(19)10-5-6-13(17)14(18)7-10/h1-7H,8-9H2. The monoisotopic (exact) mass is 312 g/mol. The topological polar surface area (TPSA) is 17.1 Å². The fraction of sp³-hybridized carbons (Fsp3) is 0.133. The van der Waals surface area contributed by atoms with Gasteiger partial charge in [0, 0.05) is 16.3 Å². The van der Waals surface area contributed by atoms with Gasteiger partial charge in [-0.25, -0.2) is 8.78 Å². The van der Waals surface area contributed by atoms with Crippen LogP contribution in [0.3, 0.4) is 0 Å². The number of thioether (sulfide) groups is 1. The van der Waals surface area contributed by atoms with Crippen molar-refractivity contribution >= 4 is 29.1 Å². The molecule has 5 heteroatoms. The highest BCUT2D eigenvalue weighted by atomic mass is 35.5. The van der Waals surface area contributed by atoms with E-state index in [2.05, 4.69) is 0 Å². The van der Waals surface area contributed by atoms with Crippen molar-refractivity contribution in [3.8, 4) is 0 Å². The molecule has 0 radical (unpaired) electrons. The van der Waals surface area contributed by atoms with E-state index < -0.39 is 11.6 Å². The smallest absolute Gasteiger partial charge is 0.172 e. The molecule has 0 aliphatic rings. The summed E-state index contributed by atoms with van der Waals surface area (Å²) in [4.78, 5) is 11.8. The van der Waals surface area contributed by atoms with Crippen molar-refractivity contribution in [2.75, 3.05) is 5.75 Å². The number of halogens is 3. The Morgan fingerprint density at radius 1 is 1.10 bits per heavy atom. The summed E-state index contributed by atoms with van der Waals surface area (Å²) in [6, 6.07) is 10.6. The zero-order valence-electron chi connectivity index (χ0n) is 10.4. The molecule has 0 atom stereocenters. The van der Waals surface area contributed by atoms with Crippen LogP contribution in [0.15, 0.2) is 42.5 Å². The lowest BCUT2D eigenvalue weighted by Gasteiger charge is -2.04. The van der Waals surface area contributed by atoms with E-state index in [9.17, 15) is 13.6 Å². The van der Waals surface area contributed by atoms with E-state index in [0.29, 0.717) is 10.8 Å². The third-order valence-corrected chi connectivity index (χ3v) is 4.04. The van der Waals surface area contributed by atoms with Crippen LogP contribution in [0.4, 0.5) is 8.78 Å². The fourth-order valence-electron chi connectivity index (χ4n) is 1.62. The average Bonchev–Trinajstić information content (AvgIpc) is 2.44. The molecule has 104 valence electrons. The van der Waals surface area contributed by atoms with Gasteiger partial charge in [-0.15, -0.1) is 11.8 Å². The highest BCUT2D eigenvalue weighted by Gasteiger charge is 2.10. The molecule has 20 heavy (non-hydrogen) atoms. The number of hydrogen-bond acceptors (Lipinski definition) is 2. The van der Waals surface area contributed by atoms with Crippen molar-refractivity contribution in [3.63, 3.8) is 0 Å². The van der Waals surface area contributed by atoms with Crippen molar-refractivity contribution in [1.29, 1.82) is 0 Å². The summed E-state index contributed by atoms with van der Waals surface area (Å²) >= 11 is 7.39. The molecule has 0 N–H and O–H groups in total. The first kappa shape index (κ1) is 15.0. The molecule has 0 heterocycles. The lowest BCUT2D eigenvalue weighted by atomic mass is 10.1. The van der Waals surface area contributed by atoms with Gasteiger partial charge < -0.3 is 0 Å². The third-order valence-electron chi connectivity index (χ3n) is 2.69. The molecular weight excluding hydrogens is 302 g/mol. The average molecular weight is 313 g/mol. The van der Waals surface area contributed by atoms with Crippen molar-refractivity contribution < 1.29 is 13.6 Å². The molecule has 0 saturated carbocycles. The van der Waals surface area contributed by atoms with E-state index in [-0.39, 0.29) is 17.1 Å². The van der Waals surface area contributed by atoms with Crippen LogP contribution < -0.4 is 0 Å². The van der Waals surface area contributed by atoms with Gasteiger partial charge in [-0.3, -0.25) is 4.79 Å². The first-order valence-corrected chi connectivity index (χ1v) is 7.40. The third kappa shape index (κ3) is 3.81. The first-order valence-electron chi connectivity index (χ1n) is 5.87. The summed E-state index contributed by atoms with van der Waals surface area (Å²) in [6.07, 6.45) is 0. The van der Waals surface area contributed by atoms with Gasteiger partial charge >= 0.3 is 0 Å². The minimum atomic E-state index is -1.01. The summed E-state index contributed by atoms with van der Waals surface area (Å²) in [5.74, 6) is -1.41. The second-order valence-electron chi connectivity index (χ2n) is 4.14. The van der Waals surface area contributed by atoms with Crippen LogP contribution in [0.5, 0.6) is 0 Å². The Kier molecular flexibility index (Phi) is 5.15. The molecule has 0 bridgehead atoms. The summed E-state index contributed by atoms with van der Waals surface area (Å²) in [5.41, 5.74) is 1.12. The molecule has 0 aliphatic heterocycles. The Balaban J connectivity index is 1.92. The minimum absolute atomic E-state index is 0.176. The summed E-state index contributed by atoms with van der Waals surface area (Å²) in [6.45, 7) is 0. The molecule has 2 rings (SSSR count). The van der Waals surface area contributed by atoms with E-state index in [1.54, 1.807) is 6.07 Å². The van der Waals surface area contributed by atoms with Gasteiger partial charge in [0.2, 0.25) is 0 Å². The number of carbonyl (C=O) groups is 1. The molecule has 0 fully saturated rings. The Morgan fingerprint density at radius 3 is 2.55 bits per heavy atom. The lowest BCUT2D eigenvalue weighted by Crippen LogP contribution is -2.04. The van der Waals surface area contributed by atoms with Crippen LogP contribution in [0.2, 0.25) is 5.02 Å². The Hall–Kier alpha value is -1.39. The quantitative estimate of drug-likeness (QED) is 0.742. The zero-order chi connectivity index (χ0) is 14.5. The van der Waals surface area contributed by atoms with E-state index in [1.807, 2.05) is 18.2 Å². The molecule has 2 aromatic carbocycles. The van der Waals surface area contributed by atoms with E-state index in [4.69, 9.17) is 11.6 Å². The van der Waals surface area contributed by atoms with Crippen molar-refractivity contribution in [3.05, 3.63) is 70.2 Å². The molecule has 2 aromatic rings. The molecule has 0 spiro atoms. The minimum Gasteiger partial charge on any atom is -0.293 e. The maximum absolute atomic E-state index is 13.0. The van der Waals surface area contributed by atoms with E-state index >= 15 is 0 Å². The van der Waals surface area contributed by atoms with Gasteiger partial charge in [-0.05, 0) is 29.8 Å². The number of Topliss-reactive ketones (excluding diaryl/α,β-unsaturated/α-hetero) is 1. The zero-order valence-corrected chi connectivity index (χ0v) is 12.0. The Bertz CT molecular complexity index is 631. The van der Waals surface area contributed by atoms with Crippen LogP contribution >= 0.6 is 23.4 Å². The normalized spacial score (nSPS) is 10.6. The number of benzene rings is 2. The van der Waals surface area contributed by atoms with Gasteiger partial charge in [-0.2, -0.15) is 0 Å². The van der Waals surface area contributed by atoms with E-state index in [1.165, 1.54) is 17.8 Å². The van der Waals surface area contributed by atoms with Gasteiger partial charge in [0.1, 0.15) is 0 Å². The molecular formula is C15H11ClF2OS. The van der Waals surface area contributed by atoms with Crippen molar-refractivity contribution in [2.24, 2.45) is 0 Å². The van der Waals surface area contributed by atoms with Gasteiger partial charge in [0.15, 0.2) is 17.4 Å². The number of ketones is 1. The van der Waals surface area contributed by atoms with Gasteiger partial charge in [0.25, 0.3) is 0 Å². The van der Waals surface area contributed by atoms with Crippen LogP contribution in [-0.2, 0) is 5.75 Å². The summed E-state index contributed by atoms with van der Waals surface area (Å²) in [7, 11) is 0. The lowest BCUT2D eigenvalue weighted by molar-refractivity contribution is 0.102. The van der Waals surface area contributed by atoms with Gasteiger partial charge in [-0.1, -0.05) is 29.8 Å². The highest BCUT2D eigenvalue weighted by molar-refractivity contribution is 7.99. The SMILES string of the molecule is O=C(CSCc1ccccc1Cl)c1ccc(F)c(F)c1. The first-order chi connectivity index (χ1) is 9.58. The molecule has 0 unspecified atom stereocenters. The molecule has 0 saturated heterocycles. The van der Waals surface area contributed by atoms with Crippen LogP contribution in [0, 0.1) is 11.6 Å². The van der Waals surface area contributed by atoms with Gasteiger partial charge in [0.05, 0.1) is 5.75 Å². The van der Waals surface area contributed by atoms with Crippen LogP contribution in [0.25, 0.3) is 0 Å². The summed E-state index contributed by atoms with van der Waals surface area (Å²) in [5, 5.41) is 0.653. The Morgan fingerprint density at radius 2 is 1.85 bits per heavy atom. The number of hydrogen-bond donors (Lipinski definition) is 0. The van der Waals surface area contributed by atoms with E-state index in [0.717, 1.165) is 17.7 Å². The molecule has 0 aromatic heterocycles. The van der Waals surface area contributed by atoms with Crippen molar-refractivity contribution in [2.45, 2.75) is 5.75 Å². The van der Waals surface area contributed by atoms with Crippen LogP contribution in [0.1, 0.15) is 15.9 Å². The molecule has 0 aliphatic carbocycles. The summed E-state index contributed by atoms with van der Waals surface area (Å²) < 4.78 is 25.8. The second-order valence-corrected chi connectivity index (χ2v) is 5.53. The maximum Gasteiger partial charge on any atom is 0.172 e. The highest BCUT2D eigenvalue weighted by Crippen LogP contribution is 2.21.